The lowest BCUT2D eigenvalue weighted by atomic mass is 9.73. The van der Waals surface area contributed by atoms with Gasteiger partial charge in [-0.25, -0.2) is 4.79 Å². The van der Waals surface area contributed by atoms with Gasteiger partial charge in [0.05, 0.1) is 32.7 Å². The third kappa shape index (κ3) is 15.3. The zero-order valence-corrected chi connectivity index (χ0v) is 26.6. The van der Waals surface area contributed by atoms with E-state index < -0.39 is 61.6 Å². The Hall–Kier alpha value is -4.03. The number of nitrogens with zero attached hydrogens (tertiary/aromatic N) is 3. The molecule has 1 saturated carbocycles. The Morgan fingerprint density at radius 2 is 1.20 bits per heavy atom. The number of carbonyl (C=O) groups excluding carboxylic acids is 1. The van der Waals surface area contributed by atoms with Crippen molar-refractivity contribution in [1.29, 1.82) is 0 Å². The number of rotatable bonds is 18. The maximum absolute atomic E-state index is 12.8. The fourth-order valence-corrected chi connectivity index (χ4v) is 5.09. The Balaban J connectivity index is 0.000000479. The number of ether oxygens (including phenoxy) is 1. The van der Waals surface area contributed by atoms with E-state index in [-0.39, 0.29) is 25.6 Å². The van der Waals surface area contributed by atoms with Crippen LogP contribution in [0.15, 0.2) is 30.3 Å². The second-order valence-electron chi connectivity index (χ2n) is 10.9. The van der Waals surface area contributed by atoms with E-state index in [1.165, 1.54) is 0 Å². The SMILES string of the molecule is CCN(CC)CC#CCOC(=O)C(O)(c1ccccc1)C1CCCCC1.O=C(O)CN(CCN(CC(=O)O)CC(=O)O)CC(=O)O. The van der Waals surface area contributed by atoms with Crippen LogP contribution >= 0.6 is 0 Å². The number of benzene rings is 1. The first-order valence-corrected chi connectivity index (χ1v) is 15.3. The molecule has 0 spiro atoms. The molecule has 1 aliphatic carbocycles. The minimum atomic E-state index is -1.58. The van der Waals surface area contributed by atoms with Crippen LogP contribution in [0, 0.1) is 17.8 Å². The van der Waals surface area contributed by atoms with Crippen molar-refractivity contribution >= 4 is 29.8 Å². The first kappa shape index (κ1) is 40.0. The van der Waals surface area contributed by atoms with Gasteiger partial charge in [-0.1, -0.05) is 75.3 Å². The molecule has 0 radical (unpaired) electrons. The van der Waals surface area contributed by atoms with Crippen LogP contribution in [0.5, 0.6) is 0 Å². The summed E-state index contributed by atoms with van der Waals surface area (Å²) < 4.78 is 5.38. The van der Waals surface area contributed by atoms with Crippen molar-refractivity contribution in [2.45, 2.75) is 51.6 Å². The second-order valence-corrected chi connectivity index (χ2v) is 10.9. The van der Waals surface area contributed by atoms with Gasteiger partial charge in [-0.3, -0.25) is 33.9 Å². The monoisotopic (exact) mass is 649 g/mol. The maximum Gasteiger partial charge on any atom is 0.344 e. The molecular weight excluding hydrogens is 602 g/mol. The van der Waals surface area contributed by atoms with E-state index in [9.17, 15) is 29.1 Å². The summed E-state index contributed by atoms with van der Waals surface area (Å²) in [4.78, 5) is 59.4. The highest BCUT2D eigenvalue weighted by Gasteiger charge is 2.47. The predicted molar refractivity (Wildman–Crippen MR) is 167 cm³/mol. The van der Waals surface area contributed by atoms with Gasteiger partial charge < -0.3 is 30.3 Å². The number of hydrogen-bond acceptors (Lipinski definition) is 10. The predicted octanol–water partition coefficient (Wildman–Crippen LogP) is 1.27. The molecule has 0 saturated heterocycles. The lowest BCUT2D eigenvalue weighted by Gasteiger charge is -2.36. The Morgan fingerprint density at radius 3 is 1.61 bits per heavy atom. The minimum Gasteiger partial charge on any atom is -0.480 e. The molecule has 1 unspecified atom stereocenters. The van der Waals surface area contributed by atoms with E-state index in [0.717, 1.165) is 55.0 Å². The number of carboxylic acid groups (broad SMARTS) is 4. The van der Waals surface area contributed by atoms with E-state index in [1.807, 2.05) is 30.3 Å². The van der Waals surface area contributed by atoms with Crippen LogP contribution in [0.4, 0.5) is 0 Å². The van der Waals surface area contributed by atoms with Crippen molar-refractivity contribution in [3.05, 3.63) is 35.9 Å². The molecule has 14 nitrogen and oxygen atoms in total. The standard InChI is InChI=1S/C22H31NO3.C10H16N2O8/c1-3-23(4-2)17-11-12-18-26-21(24)22(25,19-13-7-5-8-14-19)20-15-9-6-10-16-20;13-7(14)3-11(4-8(15)16)1-2-12(5-9(17)18)6-10(19)20/h5,7-8,13-14,20,25H,3-4,6,9-10,15-18H2,1-2H3;1-6H2,(H,13,14)(H,15,16)(H,17,18)(H,19,20). The van der Waals surface area contributed by atoms with E-state index in [4.69, 9.17) is 25.2 Å². The van der Waals surface area contributed by atoms with Gasteiger partial charge in [0.1, 0.15) is 0 Å². The summed E-state index contributed by atoms with van der Waals surface area (Å²) >= 11 is 0. The third-order valence-corrected chi connectivity index (χ3v) is 7.49. The molecule has 1 aromatic carbocycles. The summed E-state index contributed by atoms with van der Waals surface area (Å²) in [6.07, 6.45) is 4.92. The molecule has 1 atom stereocenters. The van der Waals surface area contributed by atoms with Crippen LogP contribution in [-0.4, -0.2) is 136 Å². The normalized spacial score (nSPS) is 14.4. The molecule has 5 N–H and O–H groups in total. The van der Waals surface area contributed by atoms with E-state index in [1.54, 1.807) is 0 Å². The smallest absolute Gasteiger partial charge is 0.344 e. The first-order chi connectivity index (χ1) is 21.8. The molecule has 46 heavy (non-hydrogen) atoms. The maximum atomic E-state index is 12.8. The number of carboxylic acids is 4. The van der Waals surface area contributed by atoms with Crippen molar-refractivity contribution in [3.8, 4) is 11.8 Å². The van der Waals surface area contributed by atoms with Gasteiger partial charge in [0, 0.05) is 19.0 Å². The lowest BCUT2D eigenvalue weighted by Crippen LogP contribution is -2.45. The zero-order chi connectivity index (χ0) is 34.5. The number of carbonyl (C=O) groups is 5. The van der Waals surface area contributed by atoms with E-state index in [2.05, 4.69) is 30.6 Å². The van der Waals surface area contributed by atoms with Crippen molar-refractivity contribution in [1.82, 2.24) is 14.7 Å². The fourth-order valence-electron chi connectivity index (χ4n) is 5.09. The third-order valence-electron chi connectivity index (χ3n) is 7.49. The summed E-state index contributed by atoms with van der Waals surface area (Å²) in [5.74, 6) is 0.338. The van der Waals surface area contributed by atoms with Gasteiger partial charge in [0.25, 0.3) is 0 Å². The zero-order valence-electron chi connectivity index (χ0n) is 26.6. The summed E-state index contributed by atoms with van der Waals surface area (Å²) in [6.45, 7) is 4.50. The van der Waals surface area contributed by atoms with Crippen LogP contribution in [-0.2, 0) is 34.3 Å². The fraction of sp³-hybridized carbons (Fsp3) is 0.594. The Labute approximate surface area is 269 Å². The molecule has 1 fully saturated rings. The van der Waals surface area contributed by atoms with Gasteiger partial charge in [-0.2, -0.15) is 0 Å². The van der Waals surface area contributed by atoms with Crippen LogP contribution in [0.2, 0.25) is 0 Å². The molecule has 1 aliphatic rings. The molecule has 0 heterocycles. The summed E-state index contributed by atoms with van der Waals surface area (Å²) in [5, 5.41) is 45.8. The lowest BCUT2D eigenvalue weighted by molar-refractivity contribution is -0.174. The molecule has 1 aromatic rings. The molecule has 2 rings (SSSR count). The van der Waals surface area contributed by atoms with Crippen molar-refractivity contribution in [2.24, 2.45) is 5.92 Å². The van der Waals surface area contributed by atoms with Crippen LogP contribution in [0.1, 0.15) is 51.5 Å². The Bertz CT molecular complexity index is 1110. The van der Waals surface area contributed by atoms with E-state index in [0.29, 0.717) is 12.1 Å². The summed E-state index contributed by atoms with van der Waals surface area (Å²) in [7, 11) is 0. The second kappa shape index (κ2) is 21.7. The van der Waals surface area contributed by atoms with Gasteiger partial charge in [-0.15, -0.1) is 0 Å². The Morgan fingerprint density at radius 1 is 0.739 bits per heavy atom. The highest BCUT2D eigenvalue weighted by Crippen LogP contribution is 2.40. The summed E-state index contributed by atoms with van der Waals surface area (Å²) in [6, 6.07) is 9.19. The molecular formula is C32H47N3O11. The average Bonchev–Trinajstić information content (AvgIpc) is 3.01. The molecule has 0 amide bonds. The number of aliphatic carboxylic acids is 4. The Kier molecular flexibility index (Phi) is 18.8. The van der Waals surface area contributed by atoms with Crippen molar-refractivity contribution in [3.63, 3.8) is 0 Å². The minimum absolute atomic E-state index is 0.0158. The van der Waals surface area contributed by atoms with Gasteiger partial charge in [0.2, 0.25) is 0 Å². The molecule has 14 heteroatoms. The molecule has 0 aliphatic heterocycles. The molecule has 256 valence electrons. The van der Waals surface area contributed by atoms with Gasteiger partial charge >= 0.3 is 29.8 Å². The average molecular weight is 650 g/mol. The number of esters is 1. The molecule has 0 bridgehead atoms. The topological polar surface area (TPSA) is 205 Å². The van der Waals surface area contributed by atoms with Gasteiger partial charge in [0.15, 0.2) is 12.2 Å². The van der Waals surface area contributed by atoms with Crippen molar-refractivity contribution < 1.29 is 54.2 Å². The highest BCUT2D eigenvalue weighted by atomic mass is 16.5. The van der Waals surface area contributed by atoms with Crippen LogP contribution in [0.25, 0.3) is 0 Å². The first-order valence-electron chi connectivity index (χ1n) is 15.3. The number of aliphatic hydroxyl groups is 1. The quantitative estimate of drug-likeness (QED) is 0.112. The van der Waals surface area contributed by atoms with Crippen molar-refractivity contribution in [2.75, 3.05) is 65.5 Å². The highest BCUT2D eigenvalue weighted by molar-refractivity contribution is 5.81. The summed E-state index contributed by atoms with van der Waals surface area (Å²) in [5.41, 5.74) is -0.963. The van der Waals surface area contributed by atoms with E-state index >= 15 is 0 Å². The van der Waals surface area contributed by atoms with Crippen LogP contribution in [0.3, 0.4) is 0 Å². The number of hydrogen-bond donors (Lipinski definition) is 5. The largest absolute Gasteiger partial charge is 0.480 e. The van der Waals surface area contributed by atoms with Crippen LogP contribution < -0.4 is 0 Å². The van der Waals surface area contributed by atoms with Gasteiger partial charge in [-0.05, 0) is 31.5 Å². The molecule has 0 aromatic heterocycles.